The minimum Gasteiger partial charge on any atom is -0.322 e. The third-order valence-electron chi connectivity index (χ3n) is 4.48. The molecule has 0 fully saturated rings. The number of halogens is 1. The lowest BCUT2D eigenvalue weighted by Gasteiger charge is -2.09. The van der Waals surface area contributed by atoms with E-state index in [0.29, 0.717) is 22.8 Å². The second-order valence-corrected chi connectivity index (χ2v) is 8.48. The highest BCUT2D eigenvalue weighted by Crippen LogP contribution is 2.30. The smallest absolute Gasteiger partial charge is 0.256 e. The third-order valence-corrected chi connectivity index (χ3v) is 6.11. The third kappa shape index (κ3) is 4.16. The van der Waals surface area contributed by atoms with Crippen LogP contribution in [0.1, 0.15) is 30.1 Å². The predicted octanol–water partition coefficient (Wildman–Crippen LogP) is 6.20. The molecule has 0 saturated carbocycles. The standard InChI is InChI=1S/C22H18BrN3O2S/c1-2-5-20(27)26-22-25-18-11-10-13(12-19(18)29-22)24-21(28)16-8-3-7-15-14(16)6-4-9-17(15)23/h3-4,6-12H,2,5H2,1H3,(H,24,28)(H,25,26,27). The zero-order chi connectivity index (χ0) is 20.4. The summed E-state index contributed by atoms with van der Waals surface area (Å²) in [6, 6.07) is 17.0. The average Bonchev–Trinajstić information content (AvgIpc) is 3.09. The molecular weight excluding hydrogens is 450 g/mol. The summed E-state index contributed by atoms with van der Waals surface area (Å²) < 4.78 is 1.85. The minimum absolute atomic E-state index is 0.0396. The fourth-order valence-corrected chi connectivity index (χ4v) is 4.55. The summed E-state index contributed by atoms with van der Waals surface area (Å²) in [6.07, 6.45) is 1.26. The average molecular weight is 468 g/mol. The van der Waals surface area contributed by atoms with Crippen LogP contribution < -0.4 is 10.6 Å². The Morgan fingerprint density at radius 1 is 1.03 bits per heavy atom. The van der Waals surface area contributed by atoms with Crippen molar-refractivity contribution in [2.24, 2.45) is 0 Å². The number of aromatic nitrogens is 1. The largest absolute Gasteiger partial charge is 0.322 e. The Hall–Kier alpha value is -2.77. The summed E-state index contributed by atoms with van der Waals surface area (Å²) in [6.45, 7) is 1.96. The van der Waals surface area contributed by atoms with E-state index >= 15 is 0 Å². The van der Waals surface area contributed by atoms with E-state index < -0.39 is 0 Å². The van der Waals surface area contributed by atoms with Gasteiger partial charge >= 0.3 is 0 Å². The van der Waals surface area contributed by atoms with E-state index in [-0.39, 0.29) is 11.8 Å². The number of benzene rings is 3. The number of carbonyl (C=O) groups excluding carboxylic acids is 2. The normalized spacial score (nSPS) is 11.0. The second kappa shape index (κ2) is 8.31. The van der Waals surface area contributed by atoms with Gasteiger partial charge in [-0.15, -0.1) is 0 Å². The quantitative estimate of drug-likeness (QED) is 0.366. The second-order valence-electron chi connectivity index (χ2n) is 6.59. The first-order valence-electron chi connectivity index (χ1n) is 9.24. The Balaban J connectivity index is 1.59. The van der Waals surface area contributed by atoms with Crippen LogP contribution >= 0.6 is 27.3 Å². The van der Waals surface area contributed by atoms with Crippen molar-refractivity contribution in [1.82, 2.24) is 4.98 Å². The molecule has 0 aliphatic rings. The number of anilines is 2. The van der Waals surface area contributed by atoms with Crippen LogP contribution in [0.15, 0.2) is 59.1 Å². The number of hydrogen-bond acceptors (Lipinski definition) is 4. The summed E-state index contributed by atoms with van der Waals surface area (Å²) in [7, 11) is 0. The molecular formula is C22H18BrN3O2S. The lowest BCUT2D eigenvalue weighted by molar-refractivity contribution is -0.116. The van der Waals surface area contributed by atoms with Crippen LogP contribution in [-0.4, -0.2) is 16.8 Å². The summed E-state index contributed by atoms with van der Waals surface area (Å²) >= 11 is 4.93. The Bertz CT molecular complexity index is 1240. The van der Waals surface area contributed by atoms with Crippen molar-refractivity contribution in [3.05, 3.63) is 64.6 Å². The van der Waals surface area contributed by atoms with Crippen LogP contribution in [0.25, 0.3) is 21.0 Å². The summed E-state index contributed by atoms with van der Waals surface area (Å²) in [5, 5.41) is 8.24. The number of carbonyl (C=O) groups is 2. The molecule has 0 unspecified atom stereocenters. The maximum Gasteiger partial charge on any atom is 0.256 e. The number of nitrogens with one attached hydrogen (secondary N) is 2. The van der Waals surface area contributed by atoms with Gasteiger partial charge in [0, 0.05) is 22.1 Å². The first-order valence-corrected chi connectivity index (χ1v) is 10.8. The Morgan fingerprint density at radius 2 is 1.83 bits per heavy atom. The van der Waals surface area contributed by atoms with E-state index in [1.165, 1.54) is 11.3 Å². The van der Waals surface area contributed by atoms with Gasteiger partial charge in [-0.1, -0.05) is 58.5 Å². The fraction of sp³-hybridized carbons (Fsp3) is 0.136. The first kappa shape index (κ1) is 19.5. The van der Waals surface area contributed by atoms with Crippen LogP contribution in [0, 0.1) is 0 Å². The van der Waals surface area contributed by atoms with Crippen molar-refractivity contribution in [2.75, 3.05) is 10.6 Å². The maximum absolute atomic E-state index is 12.9. The molecule has 0 aliphatic carbocycles. The van der Waals surface area contributed by atoms with E-state index in [9.17, 15) is 9.59 Å². The Kier molecular flexibility index (Phi) is 5.60. The van der Waals surface area contributed by atoms with Crippen molar-refractivity contribution in [3.8, 4) is 0 Å². The van der Waals surface area contributed by atoms with Gasteiger partial charge in [-0.25, -0.2) is 4.98 Å². The molecule has 0 radical (unpaired) electrons. The molecule has 3 aromatic carbocycles. The summed E-state index contributed by atoms with van der Waals surface area (Å²) in [4.78, 5) is 29.1. The van der Waals surface area contributed by atoms with Crippen LogP contribution in [0.5, 0.6) is 0 Å². The lowest BCUT2D eigenvalue weighted by atomic mass is 10.0. The molecule has 2 N–H and O–H groups in total. The van der Waals surface area contributed by atoms with Crippen molar-refractivity contribution >= 4 is 70.9 Å². The van der Waals surface area contributed by atoms with Crippen LogP contribution in [0.2, 0.25) is 0 Å². The molecule has 1 heterocycles. The molecule has 2 amide bonds. The van der Waals surface area contributed by atoms with Crippen molar-refractivity contribution < 1.29 is 9.59 Å². The highest BCUT2D eigenvalue weighted by Gasteiger charge is 2.13. The van der Waals surface area contributed by atoms with E-state index in [2.05, 4.69) is 31.5 Å². The maximum atomic E-state index is 12.9. The molecule has 0 saturated heterocycles. The number of rotatable bonds is 5. The van der Waals surface area contributed by atoms with E-state index in [4.69, 9.17) is 0 Å². The zero-order valence-corrected chi connectivity index (χ0v) is 18.1. The van der Waals surface area contributed by atoms with Gasteiger partial charge in [-0.2, -0.15) is 0 Å². The number of nitrogens with zero attached hydrogens (tertiary/aromatic N) is 1. The molecule has 1 aromatic heterocycles. The number of fused-ring (bicyclic) bond motifs is 2. The fourth-order valence-electron chi connectivity index (χ4n) is 3.13. The molecule has 4 aromatic rings. The van der Waals surface area contributed by atoms with Gasteiger partial charge in [0.15, 0.2) is 5.13 Å². The first-order chi connectivity index (χ1) is 14.0. The zero-order valence-electron chi connectivity index (χ0n) is 15.7. The highest BCUT2D eigenvalue weighted by atomic mass is 79.9. The topological polar surface area (TPSA) is 71.1 Å². The molecule has 4 rings (SSSR count). The van der Waals surface area contributed by atoms with Gasteiger partial charge in [0.1, 0.15) is 0 Å². The van der Waals surface area contributed by atoms with Crippen molar-refractivity contribution in [2.45, 2.75) is 19.8 Å². The van der Waals surface area contributed by atoms with E-state index in [1.54, 1.807) is 0 Å². The predicted molar refractivity (Wildman–Crippen MR) is 123 cm³/mol. The van der Waals surface area contributed by atoms with Crippen molar-refractivity contribution in [3.63, 3.8) is 0 Å². The van der Waals surface area contributed by atoms with E-state index in [1.807, 2.05) is 61.5 Å². The number of hydrogen-bond donors (Lipinski definition) is 2. The number of amides is 2. The Morgan fingerprint density at radius 3 is 2.66 bits per heavy atom. The van der Waals surface area contributed by atoms with Crippen molar-refractivity contribution in [1.29, 1.82) is 0 Å². The molecule has 0 aliphatic heterocycles. The lowest BCUT2D eigenvalue weighted by Crippen LogP contribution is -2.12. The van der Waals surface area contributed by atoms with Crippen LogP contribution in [0.4, 0.5) is 10.8 Å². The van der Waals surface area contributed by atoms with Gasteiger partial charge in [0.25, 0.3) is 5.91 Å². The molecule has 0 atom stereocenters. The molecule has 0 spiro atoms. The minimum atomic E-state index is -0.172. The SMILES string of the molecule is CCCC(=O)Nc1nc2ccc(NC(=O)c3cccc4c(Br)cccc34)cc2s1. The molecule has 7 heteroatoms. The summed E-state index contributed by atoms with van der Waals surface area (Å²) in [5.74, 6) is -0.212. The highest BCUT2D eigenvalue weighted by molar-refractivity contribution is 9.10. The van der Waals surface area contributed by atoms with E-state index in [0.717, 1.165) is 31.9 Å². The molecule has 146 valence electrons. The van der Waals surface area contributed by atoms with Gasteiger partial charge in [0.2, 0.25) is 5.91 Å². The molecule has 29 heavy (non-hydrogen) atoms. The van der Waals surface area contributed by atoms with Crippen LogP contribution in [0.3, 0.4) is 0 Å². The molecule has 5 nitrogen and oxygen atoms in total. The monoisotopic (exact) mass is 467 g/mol. The van der Waals surface area contributed by atoms with Crippen LogP contribution in [-0.2, 0) is 4.79 Å². The Labute approximate surface area is 180 Å². The van der Waals surface area contributed by atoms with Gasteiger partial charge in [-0.3, -0.25) is 9.59 Å². The molecule has 0 bridgehead atoms. The van der Waals surface area contributed by atoms with Gasteiger partial charge in [0.05, 0.1) is 10.2 Å². The number of thiazole rings is 1. The van der Waals surface area contributed by atoms with Gasteiger partial charge in [-0.05, 0) is 47.5 Å². The summed E-state index contributed by atoms with van der Waals surface area (Å²) in [5.41, 5.74) is 2.08. The van der Waals surface area contributed by atoms with Gasteiger partial charge < -0.3 is 10.6 Å².